The number of likely N-dealkylation sites (tertiary alicyclic amines) is 1. The van der Waals surface area contributed by atoms with Crippen LogP contribution in [-0.2, 0) is 14.4 Å². The molecule has 1 aromatic rings. The lowest BCUT2D eigenvalue weighted by Gasteiger charge is -2.37. The molecule has 1 saturated heterocycles. The Morgan fingerprint density at radius 2 is 1.75 bits per heavy atom. The first-order chi connectivity index (χ1) is 13.3. The van der Waals surface area contributed by atoms with Crippen molar-refractivity contribution >= 4 is 50.9 Å². The third kappa shape index (κ3) is 2.47. The Morgan fingerprint density at radius 1 is 1.18 bits per heavy atom. The number of hydrogen-bond acceptors (Lipinski definition) is 3. The molecule has 6 rings (SSSR count). The number of carbonyl (C=O) groups excluding carboxylic acids is 3. The zero-order valence-corrected chi connectivity index (χ0v) is 17.8. The molecular formula is C21H20BrClN2O3. The van der Waals surface area contributed by atoms with E-state index >= 15 is 0 Å². The zero-order chi connectivity index (χ0) is 19.9. The molecule has 28 heavy (non-hydrogen) atoms. The maximum absolute atomic E-state index is 13.1. The number of rotatable bonds is 3. The molecule has 1 aromatic carbocycles. The van der Waals surface area contributed by atoms with Crippen molar-refractivity contribution in [3.8, 4) is 0 Å². The molecule has 0 aromatic heterocycles. The van der Waals surface area contributed by atoms with Gasteiger partial charge in [-0.3, -0.25) is 19.3 Å². The molecule has 3 fully saturated rings. The lowest BCUT2D eigenvalue weighted by molar-refractivity contribution is -0.146. The summed E-state index contributed by atoms with van der Waals surface area (Å²) in [6, 6.07) is 2.62. The van der Waals surface area contributed by atoms with Crippen molar-refractivity contribution in [3.05, 3.63) is 39.3 Å². The number of hydrogen-bond donors (Lipinski definition) is 1. The van der Waals surface area contributed by atoms with Gasteiger partial charge in [-0.1, -0.05) is 23.8 Å². The number of carbonyl (C=O) groups is 3. The molecule has 0 spiro atoms. The largest absolute Gasteiger partial charge is 0.324 e. The number of halogens is 2. The second-order valence-electron chi connectivity index (χ2n) is 8.45. The third-order valence-electron chi connectivity index (χ3n) is 6.99. The summed E-state index contributed by atoms with van der Waals surface area (Å²) in [6.07, 6.45) is 5.38. The molecule has 5 nitrogen and oxygen atoms in total. The van der Waals surface area contributed by atoms with E-state index in [9.17, 15) is 14.4 Å². The highest BCUT2D eigenvalue weighted by Gasteiger charge is 2.67. The van der Waals surface area contributed by atoms with E-state index in [1.54, 1.807) is 13.0 Å². The Balaban J connectivity index is 1.38. The van der Waals surface area contributed by atoms with E-state index in [2.05, 4.69) is 33.4 Å². The lowest BCUT2D eigenvalue weighted by Crippen LogP contribution is -2.46. The van der Waals surface area contributed by atoms with Crippen LogP contribution in [0.5, 0.6) is 0 Å². The number of amides is 3. The Morgan fingerprint density at radius 3 is 2.32 bits per heavy atom. The maximum atomic E-state index is 13.1. The molecule has 5 aliphatic rings. The van der Waals surface area contributed by atoms with Gasteiger partial charge in [0.05, 0.1) is 16.9 Å². The standard InChI is InChI=1S/C21H20BrClN2O3/c1-8-5-14(22)15(23)7-16(8)24-19(26)9(2)25-20(27)17-10-3-4-11(13-6-12(10)13)18(17)21(25)28/h3-5,7,9-13,17-18H,6H2,1-2H3,(H,24,26). The van der Waals surface area contributed by atoms with Crippen LogP contribution in [0.25, 0.3) is 0 Å². The van der Waals surface area contributed by atoms with Gasteiger partial charge < -0.3 is 5.32 Å². The van der Waals surface area contributed by atoms with Crippen molar-refractivity contribution in [2.45, 2.75) is 26.3 Å². The molecule has 7 atom stereocenters. The SMILES string of the molecule is Cc1cc(Br)c(Cl)cc1NC(=O)C(C)N1C(=O)C2C3C=CC(C4CC34)C2C1=O. The first-order valence-corrected chi connectivity index (χ1v) is 10.8. The summed E-state index contributed by atoms with van der Waals surface area (Å²) in [5, 5.41) is 3.31. The van der Waals surface area contributed by atoms with Crippen molar-refractivity contribution in [1.29, 1.82) is 0 Å². The molecule has 1 aliphatic heterocycles. The van der Waals surface area contributed by atoms with Crippen molar-refractivity contribution in [2.24, 2.45) is 35.5 Å². The van der Waals surface area contributed by atoms with Gasteiger partial charge in [-0.15, -0.1) is 0 Å². The highest BCUT2D eigenvalue weighted by atomic mass is 79.9. The fourth-order valence-electron chi connectivity index (χ4n) is 5.50. The van der Waals surface area contributed by atoms with E-state index in [1.165, 1.54) is 4.90 Å². The van der Waals surface area contributed by atoms with E-state index in [4.69, 9.17) is 11.6 Å². The number of benzene rings is 1. The summed E-state index contributed by atoms with van der Waals surface area (Å²) in [5.74, 6) is 0.0756. The van der Waals surface area contributed by atoms with Crippen LogP contribution in [0, 0.1) is 42.4 Å². The monoisotopic (exact) mass is 462 g/mol. The normalized spacial score (nSPS) is 35.6. The first kappa shape index (κ1) is 18.4. The van der Waals surface area contributed by atoms with Crippen LogP contribution >= 0.6 is 27.5 Å². The topological polar surface area (TPSA) is 66.5 Å². The molecule has 2 saturated carbocycles. The Labute approximate surface area is 176 Å². The second kappa shape index (κ2) is 6.17. The third-order valence-corrected chi connectivity index (χ3v) is 8.19. The van der Waals surface area contributed by atoms with Gasteiger partial charge in [-0.25, -0.2) is 0 Å². The van der Waals surface area contributed by atoms with Gasteiger partial charge >= 0.3 is 0 Å². The lowest BCUT2D eigenvalue weighted by atomic mass is 9.63. The predicted molar refractivity (Wildman–Crippen MR) is 109 cm³/mol. The minimum absolute atomic E-state index is 0.157. The molecule has 1 N–H and O–H groups in total. The molecular weight excluding hydrogens is 444 g/mol. The van der Waals surface area contributed by atoms with Crippen LogP contribution in [0.2, 0.25) is 5.02 Å². The van der Waals surface area contributed by atoms with Gasteiger partial charge in [0, 0.05) is 10.2 Å². The first-order valence-electron chi connectivity index (χ1n) is 9.61. The van der Waals surface area contributed by atoms with Crippen LogP contribution in [0.1, 0.15) is 18.9 Å². The molecule has 7 unspecified atom stereocenters. The van der Waals surface area contributed by atoms with Gasteiger partial charge in [0.2, 0.25) is 17.7 Å². The van der Waals surface area contributed by atoms with Crippen LogP contribution < -0.4 is 5.32 Å². The number of allylic oxidation sites excluding steroid dienone is 2. The van der Waals surface area contributed by atoms with Crippen LogP contribution in [-0.4, -0.2) is 28.7 Å². The van der Waals surface area contributed by atoms with Crippen LogP contribution in [0.4, 0.5) is 5.69 Å². The van der Waals surface area contributed by atoms with Crippen molar-refractivity contribution in [3.63, 3.8) is 0 Å². The van der Waals surface area contributed by atoms with Crippen molar-refractivity contribution < 1.29 is 14.4 Å². The smallest absolute Gasteiger partial charge is 0.247 e. The van der Waals surface area contributed by atoms with E-state index in [0.717, 1.165) is 16.5 Å². The summed E-state index contributed by atoms with van der Waals surface area (Å²) in [5.41, 5.74) is 1.41. The van der Waals surface area contributed by atoms with E-state index in [0.29, 0.717) is 22.5 Å². The highest BCUT2D eigenvalue weighted by Crippen LogP contribution is 2.65. The van der Waals surface area contributed by atoms with Gasteiger partial charge in [-0.05, 0) is 77.6 Å². The minimum Gasteiger partial charge on any atom is -0.324 e. The second-order valence-corrected chi connectivity index (χ2v) is 9.71. The van der Waals surface area contributed by atoms with E-state index in [-0.39, 0.29) is 41.4 Å². The highest BCUT2D eigenvalue weighted by molar-refractivity contribution is 9.10. The number of aryl methyl sites for hydroxylation is 1. The van der Waals surface area contributed by atoms with Crippen molar-refractivity contribution in [2.75, 3.05) is 5.32 Å². The minimum atomic E-state index is -0.858. The molecule has 7 heteroatoms. The Kier molecular flexibility index (Phi) is 4.05. The van der Waals surface area contributed by atoms with Crippen molar-refractivity contribution in [1.82, 2.24) is 4.90 Å². The number of imide groups is 1. The van der Waals surface area contributed by atoms with Gasteiger partial charge in [0.1, 0.15) is 6.04 Å². The van der Waals surface area contributed by atoms with E-state index < -0.39 is 6.04 Å². The average molecular weight is 464 g/mol. The molecule has 1 heterocycles. The maximum Gasteiger partial charge on any atom is 0.247 e. The molecule has 3 amide bonds. The summed E-state index contributed by atoms with van der Waals surface area (Å²) in [7, 11) is 0. The number of nitrogens with zero attached hydrogens (tertiary/aromatic N) is 1. The zero-order valence-electron chi connectivity index (χ0n) is 15.5. The Hall–Kier alpha value is -1.66. The van der Waals surface area contributed by atoms with Gasteiger partial charge in [-0.2, -0.15) is 0 Å². The molecule has 4 aliphatic carbocycles. The van der Waals surface area contributed by atoms with E-state index in [1.807, 2.05) is 13.0 Å². The fraction of sp³-hybridized carbons (Fsp3) is 0.476. The summed E-state index contributed by atoms with van der Waals surface area (Å²) in [4.78, 5) is 40.3. The van der Waals surface area contributed by atoms with Crippen LogP contribution in [0.3, 0.4) is 0 Å². The predicted octanol–water partition coefficient (Wildman–Crippen LogP) is 3.79. The molecule has 0 radical (unpaired) electrons. The quantitative estimate of drug-likeness (QED) is 0.548. The summed E-state index contributed by atoms with van der Waals surface area (Å²) < 4.78 is 0.744. The molecule has 2 bridgehead atoms. The van der Waals surface area contributed by atoms with Crippen LogP contribution in [0.15, 0.2) is 28.8 Å². The summed E-state index contributed by atoms with van der Waals surface area (Å²) in [6.45, 7) is 3.48. The van der Waals surface area contributed by atoms with Gasteiger partial charge in [0.15, 0.2) is 0 Å². The average Bonchev–Trinajstić information content (AvgIpc) is 3.43. The fourth-order valence-corrected chi connectivity index (χ4v) is 6.12. The number of nitrogens with one attached hydrogen (secondary N) is 1. The molecule has 146 valence electrons. The number of anilines is 1. The Bertz CT molecular complexity index is 925. The summed E-state index contributed by atoms with van der Waals surface area (Å²) >= 11 is 9.50. The van der Waals surface area contributed by atoms with Gasteiger partial charge in [0.25, 0.3) is 0 Å².